The number of alkyl halides is 1. The van der Waals surface area contributed by atoms with Crippen molar-refractivity contribution in [3.63, 3.8) is 0 Å². The van der Waals surface area contributed by atoms with Gasteiger partial charge in [-0.3, -0.25) is 0 Å². The molecule has 0 heterocycles. The second kappa shape index (κ2) is 6.37. The molecule has 0 radical (unpaired) electrons. The van der Waals surface area contributed by atoms with E-state index in [2.05, 4.69) is 10.3 Å². The molecule has 0 aliphatic rings. The quantitative estimate of drug-likeness (QED) is 0.507. The van der Waals surface area contributed by atoms with Gasteiger partial charge in [-0.25, -0.2) is 13.8 Å². The molecule has 1 unspecified atom stereocenters. The largest absolute Gasteiger partial charge is 0.253 e. The first-order valence-corrected chi connectivity index (χ1v) is 7.94. The Balaban J connectivity index is 2.08. The summed E-state index contributed by atoms with van der Waals surface area (Å²) < 4.78 is 24.0. The summed E-state index contributed by atoms with van der Waals surface area (Å²) in [5.41, 5.74) is 3.77. The van der Waals surface area contributed by atoms with Gasteiger partial charge in [0.25, 0.3) is 10.0 Å². The van der Waals surface area contributed by atoms with E-state index in [4.69, 9.17) is 11.6 Å². The van der Waals surface area contributed by atoms with Crippen LogP contribution in [0.5, 0.6) is 0 Å². The summed E-state index contributed by atoms with van der Waals surface area (Å²) in [7, 11) is -3.62. The van der Waals surface area contributed by atoms with Crippen LogP contribution in [0.25, 0.3) is 0 Å². The summed E-state index contributed by atoms with van der Waals surface area (Å²) in [6.07, 6.45) is 0. The number of benzene rings is 2. The van der Waals surface area contributed by atoms with Gasteiger partial charge in [0.1, 0.15) is 5.50 Å². The molecule has 0 aliphatic carbocycles. The van der Waals surface area contributed by atoms with Gasteiger partial charge in [0.05, 0.1) is 4.90 Å². The first kappa shape index (κ1) is 15.0. The fourth-order valence-electron chi connectivity index (χ4n) is 1.74. The van der Waals surface area contributed by atoms with Gasteiger partial charge in [0.2, 0.25) is 0 Å². The Labute approximate surface area is 123 Å². The van der Waals surface area contributed by atoms with Crippen molar-refractivity contribution in [3.05, 3.63) is 65.7 Å². The van der Waals surface area contributed by atoms with Crippen molar-refractivity contribution >= 4 is 21.6 Å². The minimum Gasteiger partial charge on any atom is -0.222 e. The Kier molecular flexibility index (Phi) is 4.77. The molecule has 2 aromatic rings. The van der Waals surface area contributed by atoms with Crippen LogP contribution in [0.3, 0.4) is 0 Å². The van der Waals surface area contributed by atoms with E-state index < -0.39 is 15.5 Å². The Bertz CT molecular complexity index is 675. The molecule has 0 aliphatic heterocycles. The number of rotatable bonds is 5. The molecular weight excluding hydrogens is 296 g/mol. The average Bonchev–Trinajstić information content (AvgIpc) is 2.46. The molecular formula is C14H15ClN2O2S. The fourth-order valence-corrected chi connectivity index (χ4v) is 3.01. The van der Waals surface area contributed by atoms with Crippen LogP contribution in [-0.4, -0.2) is 8.42 Å². The molecule has 0 amide bonds. The predicted octanol–water partition coefficient (Wildman–Crippen LogP) is 2.72. The number of sulfonamides is 1. The molecule has 4 nitrogen and oxygen atoms in total. The van der Waals surface area contributed by atoms with E-state index in [1.165, 1.54) is 12.1 Å². The molecule has 0 bridgehead atoms. The topological polar surface area (TPSA) is 58.2 Å². The predicted molar refractivity (Wildman–Crippen MR) is 79.7 cm³/mol. The zero-order chi connectivity index (χ0) is 14.6. The average molecular weight is 311 g/mol. The standard InChI is InChI=1S/C14H15ClN2O2S/c1-11-7-5-6-10-13(11)14(15)16-17-20(18,19)12-8-3-2-4-9-12/h2-10,14,16-17H,1H3. The third kappa shape index (κ3) is 3.58. The molecule has 2 rings (SSSR count). The van der Waals surface area contributed by atoms with E-state index >= 15 is 0 Å². The Hall–Kier alpha value is -1.40. The number of hydrazine groups is 1. The van der Waals surface area contributed by atoms with Crippen LogP contribution in [0, 0.1) is 6.92 Å². The number of halogens is 1. The Morgan fingerprint density at radius 1 is 1.00 bits per heavy atom. The highest BCUT2D eigenvalue weighted by Gasteiger charge is 2.16. The normalized spacial score (nSPS) is 13.1. The van der Waals surface area contributed by atoms with Crippen LogP contribution < -0.4 is 10.3 Å². The molecule has 2 aromatic carbocycles. The van der Waals surface area contributed by atoms with Crippen LogP contribution in [0.15, 0.2) is 59.5 Å². The number of hydrogen-bond acceptors (Lipinski definition) is 3. The molecule has 20 heavy (non-hydrogen) atoms. The van der Waals surface area contributed by atoms with Gasteiger partial charge < -0.3 is 0 Å². The zero-order valence-electron chi connectivity index (χ0n) is 10.9. The van der Waals surface area contributed by atoms with E-state index in [9.17, 15) is 8.42 Å². The zero-order valence-corrected chi connectivity index (χ0v) is 12.4. The second-order valence-corrected chi connectivity index (χ2v) is 6.40. The van der Waals surface area contributed by atoms with E-state index in [1.54, 1.807) is 18.2 Å². The molecule has 106 valence electrons. The maximum absolute atomic E-state index is 12.0. The van der Waals surface area contributed by atoms with Crippen molar-refractivity contribution < 1.29 is 8.42 Å². The van der Waals surface area contributed by atoms with Crippen LogP contribution in [0.2, 0.25) is 0 Å². The van der Waals surface area contributed by atoms with Crippen LogP contribution in [0.4, 0.5) is 0 Å². The number of hydrogen-bond donors (Lipinski definition) is 2. The highest BCUT2D eigenvalue weighted by Crippen LogP contribution is 2.20. The van der Waals surface area contributed by atoms with Gasteiger partial charge in [-0.2, -0.15) is 0 Å². The summed E-state index contributed by atoms with van der Waals surface area (Å²) in [6, 6.07) is 15.6. The third-order valence-corrected chi connectivity index (χ3v) is 4.46. The maximum atomic E-state index is 12.0. The highest BCUT2D eigenvalue weighted by atomic mass is 35.5. The van der Waals surface area contributed by atoms with Crippen LogP contribution in [-0.2, 0) is 10.0 Å². The Morgan fingerprint density at radius 2 is 1.60 bits per heavy atom. The molecule has 0 aromatic heterocycles. The van der Waals surface area contributed by atoms with Crippen LogP contribution >= 0.6 is 11.6 Å². The SMILES string of the molecule is Cc1ccccc1C(Cl)NNS(=O)(=O)c1ccccc1. The lowest BCUT2D eigenvalue weighted by atomic mass is 10.1. The molecule has 0 saturated heterocycles. The summed E-state index contributed by atoms with van der Waals surface area (Å²) in [5, 5.41) is 0. The van der Waals surface area contributed by atoms with Crippen molar-refractivity contribution in [1.29, 1.82) is 0 Å². The van der Waals surface area contributed by atoms with Crippen molar-refractivity contribution in [3.8, 4) is 0 Å². The maximum Gasteiger partial charge on any atom is 0.253 e. The van der Waals surface area contributed by atoms with E-state index in [0.717, 1.165) is 11.1 Å². The molecule has 0 fully saturated rings. The smallest absolute Gasteiger partial charge is 0.222 e. The highest BCUT2D eigenvalue weighted by molar-refractivity contribution is 7.89. The molecule has 0 saturated carbocycles. The van der Waals surface area contributed by atoms with Gasteiger partial charge in [-0.05, 0) is 30.2 Å². The van der Waals surface area contributed by atoms with Gasteiger partial charge in [0.15, 0.2) is 0 Å². The Morgan fingerprint density at radius 3 is 2.25 bits per heavy atom. The minimum atomic E-state index is -3.62. The van der Waals surface area contributed by atoms with Crippen molar-refractivity contribution in [1.82, 2.24) is 10.3 Å². The fraction of sp³-hybridized carbons (Fsp3) is 0.143. The van der Waals surface area contributed by atoms with Crippen LogP contribution in [0.1, 0.15) is 16.6 Å². The third-order valence-electron chi connectivity index (χ3n) is 2.84. The molecule has 2 N–H and O–H groups in total. The van der Waals surface area contributed by atoms with Crippen molar-refractivity contribution in [2.24, 2.45) is 0 Å². The summed E-state index contributed by atoms with van der Waals surface area (Å²) in [6.45, 7) is 1.91. The first-order valence-electron chi connectivity index (χ1n) is 6.03. The lowest BCUT2D eigenvalue weighted by Crippen LogP contribution is -2.38. The molecule has 0 spiro atoms. The minimum absolute atomic E-state index is 0.182. The first-order chi connectivity index (χ1) is 9.50. The number of nitrogens with one attached hydrogen (secondary N) is 2. The van der Waals surface area contributed by atoms with E-state index in [1.807, 2.05) is 31.2 Å². The van der Waals surface area contributed by atoms with Gasteiger partial charge in [-0.1, -0.05) is 54.1 Å². The van der Waals surface area contributed by atoms with Gasteiger partial charge >= 0.3 is 0 Å². The molecule has 6 heteroatoms. The van der Waals surface area contributed by atoms with Crippen molar-refractivity contribution in [2.45, 2.75) is 17.3 Å². The monoisotopic (exact) mass is 310 g/mol. The molecule has 1 atom stereocenters. The summed E-state index contributed by atoms with van der Waals surface area (Å²) in [4.78, 5) is 2.47. The summed E-state index contributed by atoms with van der Waals surface area (Å²) >= 11 is 6.17. The lowest BCUT2D eigenvalue weighted by molar-refractivity contribution is 0.549. The van der Waals surface area contributed by atoms with Gasteiger partial charge in [-0.15, -0.1) is 4.83 Å². The second-order valence-electron chi connectivity index (χ2n) is 4.28. The summed E-state index contributed by atoms with van der Waals surface area (Å²) in [5.74, 6) is 0. The van der Waals surface area contributed by atoms with E-state index in [-0.39, 0.29) is 4.90 Å². The van der Waals surface area contributed by atoms with Gasteiger partial charge in [0, 0.05) is 0 Å². The lowest BCUT2D eigenvalue weighted by Gasteiger charge is -2.15. The number of aryl methyl sites for hydroxylation is 1. The van der Waals surface area contributed by atoms with E-state index in [0.29, 0.717) is 0 Å². The van der Waals surface area contributed by atoms with Crippen molar-refractivity contribution in [2.75, 3.05) is 0 Å².